The van der Waals surface area contributed by atoms with Crippen LogP contribution in [-0.2, 0) is 17.6 Å². The first-order valence-electron chi connectivity index (χ1n) is 8.89. The Labute approximate surface area is 152 Å². The SMILES string of the molecule is O=C(Cc1ccccc1)N1CCc2ccccc2C1c1ccc(F)cc1. The highest BCUT2D eigenvalue weighted by Crippen LogP contribution is 2.35. The summed E-state index contributed by atoms with van der Waals surface area (Å²) in [5.41, 5.74) is 4.34. The van der Waals surface area contributed by atoms with E-state index in [0.29, 0.717) is 13.0 Å². The first-order chi connectivity index (χ1) is 12.7. The van der Waals surface area contributed by atoms with Crippen molar-refractivity contribution in [3.8, 4) is 0 Å². The zero-order chi connectivity index (χ0) is 17.9. The molecule has 0 saturated carbocycles. The molecule has 0 N–H and O–H groups in total. The highest BCUT2D eigenvalue weighted by molar-refractivity contribution is 5.80. The molecule has 1 unspecified atom stereocenters. The maximum absolute atomic E-state index is 13.4. The number of rotatable bonds is 3. The molecule has 3 aromatic rings. The summed E-state index contributed by atoms with van der Waals surface area (Å²) in [5.74, 6) is -0.167. The van der Waals surface area contributed by atoms with Crippen molar-refractivity contribution >= 4 is 5.91 Å². The van der Waals surface area contributed by atoms with E-state index < -0.39 is 0 Å². The molecule has 1 aliphatic heterocycles. The molecular formula is C23H20FNO. The van der Waals surface area contributed by atoms with Gasteiger partial charge in [0.15, 0.2) is 0 Å². The maximum Gasteiger partial charge on any atom is 0.227 e. The van der Waals surface area contributed by atoms with Crippen molar-refractivity contribution in [2.75, 3.05) is 6.54 Å². The normalized spacial score (nSPS) is 16.2. The Morgan fingerprint density at radius 2 is 1.62 bits per heavy atom. The third-order valence-corrected chi connectivity index (χ3v) is 4.99. The fourth-order valence-corrected chi connectivity index (χ4v) is 3.71. The van der Waals surface area contributed by atoms with Crippen LogP contribution in [0.5, 0.6) is 0 Å². The predicted molar refractivity (Wildman–Crippen MR) is 100 cm³/mol. The summed E-state index contributed by atoms with van der Waals surface area (Å²) < 4.78 is 13.4. The lowest BCUT2D eigenvalue weighted by Gasteiger charge is -2.38. The molecule has 0 bridgehead atoms. The minimum absolute atomic E-state index is 0.0972. The molecule has 1 heterocycles. The fourth-order valence-electron chi connectivity index (χ4n) is 3.71. The molecule has 1 amide bonds. The van der Waals surface area contributed by atoms with Crippen LogP contribution in [0.25, 0.3) is 0 Å². The zero-order valence-corrected chi connectivity index (χ0v) is 14.4. The van der Waals surface area contributed by atoms with Gasteiger partial charge in [0.1, 0.15) is 5.82 Å². The van der Waals surface area contributed by atoms with Crippen LogP contribution in [0.1, 0.15) is 28.3 Å². The number of carbonyl (C=O) groups is 1. The smallest absolute Gasteiger partial charge is 0.227 e. The summed E-state index contributed by atoms with van der Waals surface area (Å²) in [6, 6.07) is 24.3. The van der Waals surface area contributed by atoms with Gasteiger partial charge >= 0.3 is 0 Å². The Kier molecular flexibility index (Phi) is 4.53. The third-order valence-electron chi connectivity index (χ3n) is 4.99. The fraction of sp³-hybridized carbons (Fsp3) is 0.174. The highest BCUT2D eigenvalue weighted by atomic mass is 19.1. The van der Waals surface area contributed by atoms with Crippen LogP contribution < -0.4 is 0 Å². The van der Waals surface area contributed by atoms with Gasteiger partial charge in [0.2, 0.25) is 5.91 Å². The van der Waals surface area contributed by atoms with Gasteiger partial charge in [0.05, 0.1) is 12.5 Å². The van der Waals surface area contributed by atoms with Gasteiger partial charge in [-0.05, 0) is 40.8 Å². The Morgan fingerprint density at radius 3 is 2.38 bits per heavy atom. The molecule has 0 aliphatic carbocycles. The lowest BCUT2D eigenvalue weighted by molar-refractivity contribution is -0.132. The second-order valence-electron chi connectivity index (χ2n) is 6.65. The van der Waals surface area contributed by atoms with E-state index in [1.165, 1.54) is 17.7 Å². The number of benzene rings is 3. The highest BCUT2D eigenvalue weighted by Gasteiger charge is 2.31. The minimum atomic E-state index is -0.264. The van der Waals surface area contributed by atoms with Gasteiger partial charge in [-0.1, -0.05) is 66.7 Å². The van der Waals surface area contributed by atoms with Gasteiger partial charge in [0.25, 0.3) is 0 Å². The summed E-state index contributed by atoms with van der Waals surface area (Å²) >= 11 is 0. The van der Waals surface area contributed by atoms with Crippen LogP contribution in [0.4, 0.5) is 4.39 Å². The van der Waals surface area contributed by atoms with E-state index in [-0.39, 0.29) is 17.8 Å². The van der Waals surface area contributed by atoms with Crippen molar-refractivity contribution < 1.29 is 9.18 Å². The molecule has 0 fully saturated rings. The van der Waals surface area contributed by atoms with Crippen molar-refractivity contribution in [1.82, 2.24) is 4.90 Å². The van der Waals surface area contributed by atoms with Crippen molar-refractivity contribution in [3.05, 3.63) is 107 Å². The van der Waals surface area contributed by atoms with E-state index in [2.05, 4.69) is 12.1 Å². The molecule has 0 saturated heterocycles. The number of hydrogen-bond acceptors (Lipinski definition) is 1. The van der Waals surface area contributed by atoms with Gasteiger partial charge in [0, 0.05) is 6.54 Å². The van der Waals surface area contributed by atoms with Gasteiger partial charge in [-0.2, -0.15) is 0 Å². The Balaban J connectivity index is 1.71. The Morgan fingerprint density at radius 1 is 0.923 bits per heavy atom. The quantitative estimate of drug-likeness (QED) is 0.682. The van der Waals surface area contributed by atoms with Gasteiger partial charge < -0.3 is 4.90 Å². The number of fused-ring (bicyclic) bond motifs is 1. The first kappa shape index (κ1) is 16.5. The molecule has 3 aromatic carbocycles. The third kappa shape index (κ3) is 3.25. The Hall–Kier alpha value is -2.94. The zero-order valence-electron chi connectivity index (χ0n) is 14.4. The van der Waals surface area contributed by atoms with E-state index in [1.807, 2.05) is 47.4 Å². The molecule has 1 atom stereocenters. The molecule has 0 spiro atoms. The van der Waals surface area contributed by atoms with Crippen LogP contribution in [-0.4, -0.2) is 17.4 Å². The maximum atomic E-state index is 13.4. The van der Waals surface area contributed by atoms with Gasteiger partial charge in [-0.15, -0.1) is 0 Å². The second kappa shape index (κ2) is 7.12. The molecular weight excluding hydrogens is 325 g/mol. The minimum Gasteiger partial charge on any atom is -0.331 e. The molecule has 130 valence electrons. The first-order valence-corrected chi connectivity index (χ1v) is 8.89. The summed E-state index contributed by atoms with van der Waals surface area (Å²) in [7, 11) is 0. The molecule has 2 nitrogen and oxygen atoms in total. The van der Waals surface area contributed by atoms with Gasteiger partial charge in [-0.3, -0.25) is 4.79 Å². The van der Waals surface area contributed by atoms with Crippen LogP contribution >= 0.6 is 0 Å². The van der Waals surface area contributed by atoms with Crippen molar-refractivity contribution in [2.45, 2.75) is 18.9 Å². The number of halogens is 1. The average Bonchev–Trinajstić information content (AvgIpc) is 2.68. The van der Waals surface area contributed by atoms with Crippen molar-refractivity contribution in [3.63, 3.8) is 0 Å². The van der Waals surface area contributed by atoms with Crippen molar-refractivity contribution in [2.24, 2.45) is 0 Å². The largest absolute Gasteiger partial charge is 0.331 e. The van der Waals surface area contributed by atoms with Gasteiger partial charge in [-0.25, -0.2) is 4.39 Å². The van der Waals surface area contributed by atoms with E-state index >= 15 is 0 Å². The average molecular weight is 345 g/mol. The lowest BCUT2D eigenvalue weighted by Crippen LogP contribution is -2.41. The van der Waals surface area contributed by atoms with E-state index in [1.54, 1.807) is 12.1 Å². The second-order valence-corrected chi connectivity index (χ2v) is 6.65. The summed E-state index contributed by atoms with van der Waals surface area (Å²) in [4.78, 5) is 15.0. The molecule has 0 radical (unpaired) electrons. The van der Waals surface area contributed by atoms with Crippen LogP contribution in [0.15, 0.2) is 78.9 Å². The molecule has 0 aromatic heterocycles. The van der Waals surface area contributed by atoms with E-state index in [9.17, 15) is 9.18 Å². The summed E-state index contributed by atoms with van der Waals surface area (Å²) in [5, 5.41) is 0. The standard InChI is InChI=1S/C23H20FNO/c24-20-12-10-19(11-13-20)23-21-9-5-4-8-18(21)14-15-25(23)22(26)16-17-6-2-1-3-7-17/h1-13,23H,14-16H2. The van der Waals surface area contributed by atoms with Crippen LogP contribution in [0.2, 0.25) is 0 Å². The van der Waals surface area contributed by atoms with Crippen molar-refractivity contribution in [1.29, 1.82) is 0 Å². The van der Waals surface area contributed by atoms with E-state index in [4.69, 9.17) is 0 Å². The topological polar surface area (TPSA) is 20.3 Å². The van der Waals surface area contributed by atoms with E-state index in [0.717, 1.165) is 23.1 Å². The monoisotopic (exact) mass is 345 g/mol. The molecule has 26 heavy (non-hydrogen) atoms. The number of nitrogens with zero attached hydrogens (tertiary/aromatic N) is 1. The number of amides is 1. The predicted octanol–water partition coefficient (Wildman–Crippen LogP) is 4.54. The lowest BCUT2D eigenvalue weighted by atomic mass is 9.88. The van der Waals surface area contributed by atoms with Crippen LogP contribution in [0, 0.1) is 5.82 Å². The molecule has 1 aliphatic rings. The number of hydrogen-bond donors (Lipinski definition) is 0. The summed E-state index contributed by atoms with van der Waals surface area (Å²) in [6.07, 6.45) is 1.22. The summed E-state index contributed by atoms with van der Waals surface area (Å²) in [6.45, 7) is 0.671. The molecule has 4 rings (SSSR count). The number of carbonyl (C=O) groups excluding carboxylic acids is 1. The molecule has 3 heteroatoms. The Bertz CT molecular complexity index is 905. The van der Waals surface area contributed by atoms with Crippen LogP contribution in [0.3, 0.4) is 0 Å².